The molecule has 0 aromatic heterocycles. The van der Waals surface area contributed by atoms with Crippen LogP contribution in [0.4, 0.5) is 11.4 Å². The highest BCUT2D eigenvalue weighted by molar-refractivity contribution is 9.10. The normalized spacial score (nSPS) is 11.1. The molecule has 1 N–H and O–H groups in total. The summed E-state index contributed by atoms with van der Waals surface area (Å²) in [6, 6.07) is 8.44. The number of rotatable bonds is 5. The number of nitrogens with one attached hydrogen (secondary N) is 1. The van der Waals surface area contributed by atoms with Crippen LogP contribution in [-0.4, -0.2) is 20.5 Å². The van der Waals surface area contributed by atoms with Crippen LogP contribution in [0.5, 0.6) is 5.75 Å². The van der Waals surface area contributed by atoms with E-state index in [-0.39, 0.29) is 5.75 Å². The summed E-state index contributed by atoms with van der Waals surface area (Å²) >= 11 is 3.32. The predicted molar refractivity (Wildman–Crippen MR) is 89.3 cm³/mol. The van der Waals surface area contributed by atoms with Crippen LogP contribution in [0.15, 0.2) is 45.8 Å². The molecule has 0 saturated carbocycles. The van der Waals surface area contributed by atoms with Crippen LogP contribution in [-0.2, 0) is 10.0 Å². The highest BCUT2D eigenvalue weighted by Crippen LogP contribution is 2.30. The van der Waals surface area contributed by atoms with E-state index in [4.69, 9.17) is 4.74 Å². The van der Waals surface area contributed by atoms with E-state index < -0.39 is 25.5 Å². The van der Waals surface area contributed by atoms with E-state index in [1.165, 1.54) is 13.2 Å². The molecule has 2 rings (SSSR count). The van der Waals surface area contributed by atoms with Gasteiger partial charge in [0.15, 0.2) is 4.90 Å². The standard InChI is InChI=1S/C14H13BrN2O5S/c1-9-7-10(3-5-12(9)15)16-23(20,21)14-6-4-11(22-2)8-13(14)17(18)19/h3-8,16H,1-2H3. The minimum Gasteiger partial charge on any atom is -0.497 e. The van der Waals surface area contributed by atoms with Crippen molar-refractivity contribution in [1.29, 1.82) is 0 Å². The molecule has 2 aromatic rings. The number of aryl methyl sites for hydroxylation is 1. The molecule has 0 fully saturated rings. The molecule has 2 aromatic carbocycles. The largest absolute Gasteiger partial charge is 0.497 e. The van der Waals surface area contributed by atoms with Gasteiger partial charge in [0, 0.05) is 10.2 Å². The van der Waals surface area contributed by atoms with Crippen molar-refractivity contribution in [3.05, 3.63) is 56.5 Å². The molecule has 0 saturated heterocycles. The second kappa shape index (κ2) is 6.55. The van der Waals surface area contributed by atoms with Gasteiger partial charge in [-0.2, -0.15) is 0 Å². The van der Waals surface area contributed by atoms with Crippen LogP contribution in [0.1, 0.15) is 5.56 Å². The molecular formula is C14H13BrN2O5S. The SMILES string of the molecule is COc1ccc(S(=O)(=O)Nc2ccc(Br)c(C)c2)c([N+](=O)[O-])c1. The lowest BCUT2D eigenvalue weighted by atomic mass is 10.2. The first kappa shape index (κ1) is 17.2. The zero-order valence-electron chi connectivity index (χ0n) is 12.2. The third-order valence-electron chi connectivity index (χ3n) is 3.06. The fourth-order valence-electron chi connectivity index (χ4n) is 1.91. The summed E-state index contributed by atoms with van der Waals surface area (Å²) in [5, 5.41) is 11.1. The second-order valence-electron chi connectivity index (χ2n) is 4.66. The molecule has 0 aliphatic heterocycles. The molecule has 0 bridgehead atoms. The van der Waals surface area contributed by atoms with Crippen molar-refractivity contribution in [1.82, 2.24) is 0 Å². The Hall–Kier alpha value is -2.13. The first-order chi connectivity index (χ1) is 10.7. The molecule has 0 aliphatic rings. The summed E-state index contributed by atoms with van der Waals surface area (Å²) in [5.74, 6) is 0.204. The zero-order chi connectivity index (χ0) is 17.2. The number of nitro benzene ring substituents is 1. The Bertz CT molecular complexity index is 867. The fourth-order valence-corrected chi connectivity index (χ4v) is 3.36. The molecule has 9 heteroatoms. The molecule has 0 spiro atoms. The second-order valence-corrected chi connectivity index (χ2v) is 7.17. The van der Waals surface area contributed by atoms with E-state index in [9.17, 15) is 18.5 Å². The van der Waals surface area contributed by atoms with Crippen LogP contribution in [0.3, 0.4) is 0 Å². The summed E-state index contributed by atoms with van der Waals surface area (Å²) in [5.41, 5.74) is 0.593. The number of methoxy groups -OCH3 is 1. The first-order valence-corrected chi connectivity index (χ1v) is 8.63. The Morgan fingerprint density at radius 2 is 1.91 bits per heavy atom. The molecule has 0 amide bonds. The Kier molecular flexibility index (Phi) is 4.90. The molecule has 0 unspecified atom stereocenters. The Balaban J connectivity index is 2.47. The lowest BCUT2D eigenvalue weighted by Crippen LogP contribution is -2.15. The molecular weight excluding hydrogens is 388 g/mol. The third kappa shape index (κ3) is 3.80. The Morgan fingerprint density at radius 1 is 1.22 bits per heavy atom. The van der Waals surface area contributed by atoms with E-state index >= 15 is 0 Å². The number of nitro groups is 1. The van der Waals surface area contributed by atoms with Crippen molar-refractivity contribution in [2.24, 2.45) is 0 Å². The van der Waals surface area contributed by atoms with Gasteiger partial charge in [0.25, 0.3) is 15.7 Å². The van der Waals surface area contributed by atoms with Crippen LogP contribution >= 0.6 is 15.9 Å². The highest BCUT2D eigenvalue weighted by atomic mass is 79.9. The number of hydrogen-bond donors (Lipinski definition) is 1. The van der Waals surface area contributed by atoms with Crippen molar-refractivity contribution in [3.63, 3.8) is 0 Å². The quantitative estimate of drug-likeness (QED) is 0.611. The number of halogens is 1. The molecule has 0 heterocycles. The van der Waals surface area contributed by atoms with Crippen molar-refractivity contribution < 1.29 is 18.1 Å². The molecule has 23 heavy (non-hydrogen) atoms. The van der Waals surface area contributed by atoms with Gasteiger partial charge in [-0.25, -0.2) is 8.42 Å². The van der Waals surface area contributed by atoms with E-state index in [0.29, 0.717) is 5.69 Å². The van der Waals surface area contributed by atoms with E-state index in [0.717, 1.165) is 22.2 Å². The van der Waals surface area contributed by atoms with Crippen LogP contribution in [0.25, 0.3) is 0 Å². The van der Waals surface area contributed by atoms with Gasteiger partial charge in [-0.05, 0) is 42.8 Å². The maximum absolute atomic E-state index is 12.5. The number of benzene rings is 2. The van der Waals surface area contributed by atoms with Crippen molar-refractivity contribution in [3.8, 4) is 5.75 Å². The summed E-state index contributed by atoms with van der Waals surface area (Å²) in [6.45, 7) is 1.80. The van der Waals surface area contributed by atoms with Crippen molar-refractivity contribution in [2.45, 2.75) is 11.8 Å². The third-order valence-corrected chi connectivity index (χ3v) is 5.38. The minimum atomic E-state index is -4.11. The van der Waals surface area contributed by atoms with E-state index in [1.54, 1.807) is 25.1 Å². The van der Waals surface area contributed by atoms with Gasteiger partial charge in [0.05, 0.1) is 18.1 Å². The molecule has 0 atom stereocenters. The van der Waals surface area contributed by atoms with Gasteiger partial charge in [0.1, 0.15) is 5.75 Å². The summed E-state index contributed by atoms with van der Waals surface area (Å²) in [6.07, 6.45) is 0. The number of anilines is 1. The summed E-state index contributed by atoms with van der Waals surface area (Å²) in [7, 11) is -2.76. The molecule has 122 valence electrons. The molecule has 0 radical (unpaired) electrons. The molecule has 7 nitrogen and oxygen atoms in total. The van der Waals surface area contributed by atoms with Crippen molar-refractivity contribution in [2.75, 3.05) is 11.8 Å². The first-order valence-electron chi connectivity index (χ1n) is 6.36. The number of ether oxygens (including phenoxy) is 1. The van der Waals surface area contributed by atoms with Gasteiger partial charge in [-0.1, -0.05) is 15.9 Å². The van der Waals surface area contributed by atoms with Gasteiger partial charge < -0.3 is 4.74 Å². The zero-order valence-corrected chi connectivity index (χ0v) is 14.6. The van der Waals surface area contributed by atoms with Gasteiger partial charge in [-0.3, -0.25) is 14.8 Å². The average Bonchev–Trinajstić information content (AvgIpc) is 2.50. The lowest BCUT2D eigenvalue weighted by molar-refractivity contribution is -0.387. The smallest absolute Gasteiger partial charge is 0.293 e. The minimum absolute atomic E-state index is 0.204. The monoisotopic (exact) mass is 400 g/mol. The number of hydrogen-bond acceptors (Lipinski definition) is 5. The average molecular weight is 401 g/mol. The van der Waals surface area contributed by atoms with Gasteiger partial charge >= 0.3 is 0 Å². The predicted octanol–water partition coefficient (Wildman–Crippen LogP) is 3.48. The lowest BCUT2D eigenvalue weighted by Gasteiger charge is -2.10. The number of nitrogens with zero attached hydrogens (tertiary/aromatic N) is 1. The Morgan fingerprint density at radius 3 is 2.48 bits per heavy atom. The highest BCUT2D eigenvalue weighted by Gasteiger charge is 2.26. The maximum Gasteiger partial charge on any atom is 0.293 e. The van der Waals surface area contributed by atoms with E-state index in [2.05, 4.69) is 20.7 Å². The van der Waals surface area contributed by atoms with Gasteiger partial charge in [-0.15, -0.1) is 0 Å². The summed E-state index contributed by atoms with van der Waals surface area (Å²) in [4.78, 5) is 9.95. The Labute approximate surface area is 141 Å². The van der Waals surface area contributed by atoms with E-state index in [1.807, 2.05) is 0 Å². The fraction of sp³-hybridized carbons (Fsp3) is 0.143. The maximum atomic E-state index is 12.5. The van der Waals surface area contributed by atoms with Crippen molar-refractivity contribution >= 4 is 37.3 Å². The van der Waals surface area contributed by atoms with Gasteiger partial charge in [0.2, 0.25) is 0 Å². The van der Waals surface area contributed by atoms with Crippen LogP contribution in [0.2, 0.25) is 0 Å². The molecule has 0 aliphatic carbocycles. The number of sulfonamides is 1. The van der Waals surface area contributed by atoms with Crippen LogP contribution < -0.4 is 9.46 Å². The van der Waals surface area contributed by atoms with Crippen LogP contribution in [0, 0.1) is 17.0 Å². The summed E-state index contributed by atoms with van der Waals surface area (Å²) < 4.78 is 33.0. The topological polar surface area (TPSA) is 98.5 Å².